The Kier molecular flexibility index (Phi) is 5.75. The van der Waals surface area contributed by atoms with E-state index in [1.54, 1.807) is 0 Å². The van der Waals surface area contributed by atoms with Gasteiger partial charge in [0.05, 0.1) is 5.92 Å². The molecule has 0 aromatic carbocycles. The number of likely N-dealkylation sites (tertiary alicyclic amines) is 1. The summed E-state index contributed by atoms with van der Waals surface area (Å²) in [6.07, 6.45) is 12.8. The number of hydrogen-bond donors (Lipinski definition) is 2. The lowest BCUT2D eigenvalue weighted by molar-refractivity contribution is -0.126. The van der Waals surface area contributed by atoms with E-state index >= 15 is 0 Å². The van der Waals surface area contributed by atoms with E-state index in [1.165, 1.54) is 64.5 Å². The lowest BCUT2D eigenvalue weighted by atomic mass is 9.79. The van der Waals surface area contributed by atoms with Crippen LogP contribution in [-0.2, 0) is 4.79 Å². The second kappa shape index (κ2) is 7.78. The molecule has 1 aliphatic carbocycles. The Morgan fingerprint density at radius 1 is 1.05 bits per heavy atom. The first-order valence-corrected chi connectivity index (χ1v) is 9.54. The van der Waals surface area contributed by atoms with Crippen molar-refractivity contribution in [1.29, 1.82) is 0 Å². The number of rotatable bonds is 4. The van der Waals surface area contributed by atoms with E-state index in [-0.39, 0.29) is 17.4 Å². The maximum Gasteiger partial charge on any atom is 0.224 e. The van der Waals surface area contributed by atoms with Crippen LogP contribution in [0.4, 0.5) is 0 Å². The molecule has 22 heavy (non-hydrogen) atoms. The van der Waals surface area contributed by atoms with Gasteiger partial charge in [-0.1, -0.05) is 25.7 Å². The Morgan fingerprint density at radius 2 is 1.77 bits per heavy atom. The van der Waals surface area contributed by atoms with Gasteiger partial charge in [0, 0.05) is 18.6 Å². The minimum atomic E-state index is 0.191. The second-order valence-electron chi connectivity index (χ2n) is 7.59. The smallest absolute Gasteiger partial charge is 0.224 e. The molecular weight excluding hydrogens is 274 g/mol. The third-order valence-corrected chi connectivity index (χ3v) is 6.07. The Labute approximate surface area is 135 Å². The topological polar surface area (TPSA) is 44.4 Å². The molecule has 3 fully saturated rings. The Bertz CT molecular complexity index is 353. The van der Waals surface area contributed by atoms with Gasteiger partial charge < -0.3 is 10.6 Å². The molecule has 4 heteroatoms. The molecule has 3 aliphatic rings. The molecule has 4 nitrogen and oxygen atoms in total. The van der Waals surface area contributed by atoms with Crippen LogP contribution in [0.5, 0.6) is 0 Å². The molecule has 2 saturated heterocycles. The highest BCUT2D eigenvalue weighted by atomic mass is 16.1. The average molecular weight is 307 g/mol. The molecule has 0 spiro atoms. The zero-order valence-corrected chi connectivity index (χ0v) is 14.0. The van der Waals surface area contributed by atoms with Crippen LogP contribution < -0.4 is 10.6 Å². The number of carbonyl (C=O) groups excluding carboxylic acids is 1. The van der Waals surface area contributed by atoms with Crippen molar-refractivity contribution in [3.63, 3.8) is 0 Å². The minimum Gasteiger partial charge on any atom is -0.354 e. The van der Waals surface area contributed by atoms with Crippen LogP contribution in [0.25, 0.3) is 0 Å². The normalized spacial score (nSPS) is 29.9. The standard InChI is InChI=1S/C18H33N3O/c22-17(16-8-7-11-19-14-16)20-15-18(9-3-1-4-10-18)21-12-5-2-6-13-21/h16,19H,1-15H2,(H,20,22). The van der Waals surface area contributed by atoms with Gasteiger partial charge in [0.15, 0.2) is 0 Å². The largest absolute Gasteiger partial charge is 0.354 e. The van der Waals surface area contributed by atoms with Gasteiger partial charge in [-0.15, -0.1) is 0 Å². The van der Waals surface area contributed by atoms with Crippen molar-refractivity contribution in [2.45, 2.75) is 69.7 Å². The maximum absolute atomic E-state index is 12.5. The first-order chi connectivity index (χ1) is 10.8. The van der Waals surface area contributed by atoms with Gasteiger partial charge in [-0.05, 0) is 58.2 Å². The zero-order chi connectivity index (χ0) is 15.3. The van der Waals surface area contributed by atoms with Crippen molar-refractivity contribution >= 4 is 5.91 Å². The van der Waals surface area contributed by atoms with Gasteiger partial charge in [-0.2, -0.15) is 0 Å². The number of hydrogen-bond acceptors (Lipinski definition) is 3. The van der Waals surface area contributed by atoms with E-state index in [2.05, 4.69) is 15.5 Å². The van der Waals surface area contributed by atoms with Gasteiger partial charge in [-0.25, -0.2) is 0 Å². The summed E-state index contributed by atoms with van der Waals surface area (Å²) >= 11 is 0. The van der Waals surface area contributed by atoms with Gasteiger partial charge in [0.1, 0.15) is 0 Å². The van der Waals surface area contributed by atoms with Crippen molar-refractivity contribution in [1.82, 2.24) is 15.5 Å². The van der Waals surface area contributed by atoms with Gasteiger partial charge in [0.2, 0.25) is 5.91 Å². The molecule has 1 atom stereocenters. The summed E-state index contributed by atoms with van der Waals surface area (Å²) < 4.78 is 0. The Hall–Kier alpha value is -0.610. The highest BCUT2D eigenvalue weighted by Crippen LogP contribution is 2.35. The van der Waals surface area contributed by atoms with E-state index in [4.69, 9.17) is 0 Å². The quantitative estimate of drug-likeness (QED) is 0.837. The fourth-order valence-corrected chi connectivity index (χ4v) is 4.65. The number of piperidine rings is 2. The highest BCUT2D eigenvalue weighted by Gasteiger charge is 2.39. The molecule has 0 bridgehead atoms. The predicted molar refractivity (Wildman–Crippen MR) is 89.8 cm³/mol. The van der Waals surface area contributed by atoms with Crippen LogP contribution in [0.3, 0.4) is 0 Å². The minimum absolute atomic E-state index is 0.191. The summed E-state index contributed by atoms with van der Waals surface area (Å²) in [6.45, 7) is 5.29. The summed E-state index contributed by atoms with van der Waals surface area (Å²) in [5.74, 6) is 0.477. The van der Waals surface area contributed by atoms with E-state index in [9.17, 15) is 4.79 Å². The first kappa shape index (κ1) is 16.3. The van der Waals surface area contributed by atoms with Crippen molar-refractivity contribution in [3.05, 3.63) is 0 Å². The molecule has 1 unspecified atom stereocenters. The van der Waals surface area contributed by atoms with Crippen LogP contribution in [0.15, 0.2) is 0 Å². The summed E-state index contributed by atoms with van der Waals surface area (Å²) in [7, 11) is 0. The number of amides is 1. The van der Waals surface area contributed by atoms with Gasteiger partial charge >= 0.3 is 0 Å². The molecule has 1 amide bonds. The summed E-state index contributed by atoms with van der Waals surface area (Å²) in [5.41, 5.74) is 0.260. The third-order valence-electron chi connectivity index (χ3n) is 6.07. The third kappa shape index (κ3) is 3.83. The van der Waals surface area contributed by atoms with Crippen molar-refractivity contribution in [2.24, 2.45) is 5.92 Å². The van der Waals surface area contributed by atoms with Crippen molar-refractivity contribution in [2.75, 3.05) is 32.7 Å². The van der Waals surface area contributed by atoms with E-state index in [0.717, 1.165) is 32.5 Å². The Balaban J connectivity index is 1.58. The molecule has 126 valence electrons. The fourth-order valence-electron chi connectivity index (χ4n) is 4.65. The molecule has 0 aromatic rings. The van der Waals surface area contributed by atoms with Crippen LogP contribution in [0, 0.1) is 5.92 Å². The van der Waals surface area contributed by atoms with E-state index in [1.807, 2.05) is 0 Å². The number of nitrogens with zero attached hydrogens (tertiary/aromatic N) is 1. The Morgan fingerprint density at radius 3 is 2.45 bits per heavy atom. The second-order valence-corrected chi connectivity index (χ2v) is 7.59. The molecule has 2 aliphatic heterocycles. The van der Waals surface area contributed by atoms with Crippen LogP contribution >= 0.6 is 0 Å². The average Bonchev–Trinajstić information content (AvgIpc) is 2.62. The molecule has 2 heterocycles. The highest BCUT2D eigenvalue weighted by molar-refractivity contribution is 5.79. The summed E-state index contributed by atoms with van der Waals surface area (Å²) in [6, 6.07) is 0. The summed E-state index contributed by atoms with van der Waals surface area (Å²) in [4.78, 5) is 15.2. The first-order valence-electron chi connectivity index (χ1n) is 9.54. The molecule has 2 N–H and O–H groups in total. The van der Waals surface area contributed by atoms with Crippen molar-refractivity contribution in [3.8, 4) is 0 Å². The monoisotopic (exact) mass is 307 g/mol. The lowest BCUT2D eigenvalue weighted by Crippen LogP contribution is -2.58. The molecule has 0 aromatic heterocycles. The number of nitrogens with one attached hydrogen (secondary N) is 2. The van der Waals surface area contributed by atoms with E-state index < -0.39 is 0 Å². The van der Waals surface area contributed by atoms with Crippen LogP contribution in [0.2, 0.25) is 0 Å². The fraction of sp³-hybridized carbons (Fsp3) is 0.944. The predicted octanol–water partition coefficient (Wildman–Crippen LogP) is 2.29. The zero-order valence-electron chi connectivity index (χ0n) is 14.0. The number of carbonyl (C=O) groups is 1. The maximum atomic E-state index is 12.5. The molecule has 3 rings (SSSR count). The molecule has 0 radical (unpaired) electrons. The van der Waals surface area contributed by atoms with Gasteiger partial charge in [-0.3, -0.25) is 9.69 Å². The molecule has 1 saturated carbocycles. The van der Waals surface area contributed by atoms with E-state index in [0.29, 0.717) is 0 Å². The van der Waals surface area contributed by atoms with Crippen LogP contribution in [0.1, 0.15) is 64.2 Å². The van der Waals surface area contributed by atoms with Crippen LogP contribution in [-0.4, -0.2) is 49.1 Å². The lowest BCUT2D eigenvalue weighted by Gasteiger charge is -2.48. The SMILES string of the molecule is O=C(NCC1(N2CCCCC2)CCCCC1)C1CCCNC1. The summed E-state index contributed by atoms with van der Waals surface area (Å²) in [5, 5.41) is 6.69. The van der Waals surface area contributed by atoms with Gasteiger partial charge in [0.25, 0.3) is 0 Å². The van der Waals surface area contributed by atoms with Crippen molar-refractivity contribution < 1.29 is 4.79 Å². The molecular formula is C18H33N3O.